The molecule has 0 nitrogen and oxygen atoms in total. The molecule has 0 amide bonds. The van der Waals surface area contributed by atoms with E-state index in [0.717, 1.165) is 4.34 Å². The first-order valence-corrected chi connectivity index (χ1v) is 5.64. The van der Waals surface area contributed by atoms with Gasteiger partial charge >= 0.3 is 0 Å². The number of hydrogen-bond acceptors (Lipinski definition) is 1. The molecule has 0 aromatic carbocycles. The lowest BCUT2D eigenvalue weighted by Crippen LogP contribution is -2.10. The first kappa shape index (κ1) is 9.81. The summed E-state index contributed by atoms with van der Waals surface area (Å²) in [7, 11) is 0. The fourth-order valence-electron chi connectivity index (χ4n) is 0.852. The fraction of sp³-hybridized carbons (Fsp3) is 0.500. The van der Waals surface area contributed by atoms with Crippen LogP contribution in [0.2, 0.25) is 4.34 Å². The minimum atomic E-state index is 0.222. The standard InChI is InChI=1S/C8H10ClIS/c1-8(2,3)5-4-6(9)11-7(5)10/h4H,1-3H3. The predicted molar refractivity (Wildman–Crippen MR) is 60.7 cm³/mol. The third-order valence-corrected chi connectivity index (χ3v) is 3.76. The van der Waals surface area contributed by atoms with Crippen molar-refractivity contribution >= 4 is 45.5 Å². The molecule has 0 saturated carbocycles. The van der Waals surface area contributed by atoms with Gasteiger partial charge < -0.3 is 0 Å². The molecule has 0 unspecified atom stereocenters. The van der Waals surface area contributed by atoms with Crippen molar-refractivity contribution in [1.82, 2.24) is 0 Å². The minimum Gasteiger partial charge on any atom is -0.117 e. The van der Waals surface area contributed by atoms with Gasteiger partial charge in [-0.25, -0.2) is 0 Å². The SMILES string of the molecule is CC(C)(C)c1cc(Cl)sc1I. The van der Waals surface area contributed by atoms with Crippen molar-refractivity contribution in [2.24, 2.45) is 0 Å². The van der Waals surface area contributed by atoms with E-state index in [9.17, 15) is 0 Å². The van der Waals surface area contributed by atoms with Crippen LogP contribution < -0.4 is 0 Å². The minimum absolute atomic E-state index is 0.222. The van der Waals surface area contributed by atoms with Gasteiger partial charge in [0, 0.05) is 0 Å². The summed E-state index contributed by atoms with van der Waals surface area (Å²) >= 11 is 9.87. The first-order chi connectivity index (χ1) is 4.91. The molecule has 1 aromatic heterocycles. The summed E-state index contributed by atoms with van der Waals surface area (Å²) < 4.78 is 2.19. The number of thiophene rings is 1. The molecule has 0 aliphatic carbocycles. The van der Waals surface area contributed by atoms with Crippen LogP contribution in [0.3, 0.4) is 0 Å². The topological polar surface area (TPSA) is 0 Å². The summed E-state index contributed by atoms with van der Waals surface area (Å²) in [6.07, 6.45) is 0. The zero-order valence-corrected chi connectivity index (χ0v) is 10.5. The highest BCUT2D eigenvalue weighted by Crippen LogP contribution is 2.35. The summed E-state index contributed by atoms with van der Waals surface area (Å²) in [6.45, 7) is 6.61. The average Bonchev–Trinajstić information content (AvgIpc) is 2.08. The molecule has 1 rings (SSSR count). The molecule has 0 radical (unpaired) electrons. The van der Waals surface area contributed by atoms with Crippen LogP contribution in [0.15, 0.2) is 6.07 Å². The Kier molecular flexibility index (Phi) is 2.88. The molecular weight excluding hydrogens is 291 g/mol. The molecule has 0 aliphatic heterocycles. The molecule has 0 aliphatic rings. The Morgan fingerprint density at radius 3 is 2.18 bits per heavy atom. The summed E-state index contributed by atoms with van der Waals surface area (Å²) in [6, 6.07) is 2.06. The zero-order chi connectivity index (χ0) is 8.65. The smallest absolute Gasteiger partial charge is 0.0942 e. The van der Waals surface area contributed by atoms with Gasteiger partial charge in [-0.2, -0.15) is 0 Å². The maximum absolute atomic E-state index is 5.89. The van der Waals surface area contributed by atoms with Gasteiger partial charge in [0.05, 0.1) is 7.22 Å². The van der Waals surface area contributed by atoms with Crippen LogP contribution in [0.25, 0.3) is 0 Å². The molecule has 0 saturated heterocycles. The second kappa shape index (κ2) is 3.23. The molecule has 0 bridgehead atoms. The van der Waals surface area contributed by atoms with Crippen molar-refractivity contribution in [3.63, 3.8) is 0 Å². The van der Waals surface area contributed by atoms with Gasteiger partial charge in [-0.15, -0.1) is 11.3 Å². The van der Waals surface area contributed by atoms with Crippen LogP contribution in [-0.4, -0.2) is 0 Å². The largest absolute Gasteiger partial charge is 0.117 e. The van der Waals surface area contributed by atoms with Crippen molar-refractivity contribution in [3.05, 3.63) is 18.9 Å². The van der Waals surface area contributed by atoms with Crippen LogP contribution in [0.4, 0.5) is 0 Å². The summed E-state index contributed by atoms with van der Waals surface area (Å²) in [4.78, 5) is 0. The van der Waals surface area contributed by atoms with Crippen molar-refractivity contribution in [2.45, 2.75) is 26.2 Å². The number of hydrogen-bond donors (Lipinski definition) is 0. The van der Waals surface area contributed by atoms with Crippen molar-refractivity contribution < 1.29 is 0 Å². The number of rotatable bonds is 0. The molecule has 0 atom stereocenters. The molecule has 1 aromatic rings. The maximum Gasteiger partial charge on any atom is 0.0942 e. The maximum atomic E-state index is 5.89. The summed E-state index contributed by atoms with van der Waals surface area (Å²) in [5, 5.41) is 0. The fourth-order valence-corrected chi connectivity index (χ4v) is 4.08. The molecule has 0 fully saturated rings. The van der Waals surface area contributed by atoms with E-state index >= 15 is 0 Å². The second-order valence-corrected chi connectivity index (χ2v) is 6.98. The summed E-state index contributed by atoms with van der Waals surface area (Å²) in [5.74, 6) is 0. The van der Waals surface area contributed by atoms with Gasteiger partial charge in [-0.1, -0.05) is 32.4 Å². The Hall–Kier alpha value is 0.720. The Labute approximate surface area is 90.1 Å². The van der Waals surface area contributed by atoms with Crippen LogP contribution in [0, 0.1) is 2.88 Å². The zero-order valence-electron chi connectivity index (χ0n) is 6.74. The Bertz CT molecular complexity index is 260. The van der Waals surface area contributed by atoms with E-state index in [1.807, 2.05) is 0 Å². The third-order valence-electron chi connectivity index (χ3n) is 1.46. The highest BCUT2D eigenvalue weighted by atomic mass is 127. The first-order valence-electron chi connectivity index (χ1n) is 3.36. The van der Waals surface area contributed by atoms with E-state index in [2.05, 4.69) is 49.4 Å². The van der Waals surface area contributed by atoms with E-state index < -0.39 is 0 Å². The summed E-state index contributed by atoms with van der Waals surface area (Å²) in [5.41, 5.74) is 1.58. The molecule has 0 spiro atoms. The van der Waals surface area contributed by atoms with Crippen LogP contribution in [0.1, 0.15) is 26.3 Å². The van der Waals surface area contributed by atoms with E-state index in [4.69, 9.17) is 11.6 Å². The van der Waals surface area contributed by atoms with Gasteiger partial charge in [0.15, 0.2) is 0 Å². The lowest BCUT2D eigenvalue weighted by molar-refractivity contribution is 0.590. The third kappa shape index (κ3) is 2.33. The van der Waals surface area contributed by atoms with Crippen molar-refractivity contribution in [1.29, 1.82) is 0 Å². The van der Waals surface area contributed by atoms with E-state index in [1.165, 1.54) is 8.45 Å². The quantitative estimate of drug-likeness (QED) is 0.627. The van der Waals surface area contributed by atoms with Crippen LogP contribution in [0.5, 0.6) is 0 Å². The van der Waals surface area contributed by atoms with Crippen LogP contribution in [-0.2, 0) is 5.41 Å². The van der Waals surface area contributed by atoms with Gasteiger partial charge in [0.1, 0.15) is 0 Å². The molecule has 62 valence electrons. The van der Waals surface area contributed by atoms with Gasteiger partial charge in [0.2, 0.25) is 0 Å². The highest BCUT2D eigenvalue weighted by molar-refractivity contribution is 14.1. The molecular formula is C8H10ClIS. The van der Waals surface area contributed by atoms with Gasteiger partial charge in [-0.3, -0.25) is 0 Å². The molecule has 3 heteroatoms. The second-order valence-electron chi connectivity index (χ2n) is 3.49. The molecule has 11 heavy (non-hydrogen) atoms. The normalized spacial score (nSPS) is 12.1. The Morgan fingerprint density at radius 2 is 2.00 bits per heavy atom. The van der Waals surface area contributed by atoms with E-state index in [-0.39, 0.29) is 5.41 Å². The Balaban J connectivity index is 3.13. The lowest BCUT2D eigenvalue weighted by Gasteiger charge is -2.17. The van der Waals surface area contributed by atoms with Crippen molar-refractivity contribution in [3.8, 4) is 0 Å². The average molecular weight is 301 g/mol. The van der Waals surface area contributed by atoms with Gasteiger partial charge in [-0.05, 0) is 39.6 Å². The van der Waals surface area contributed by atoms with Crippen molar-refractivity contribution in [2.75, 3.05) is 0 Å². The van der Waals surface area contributed by atoms with Crippen LogP contribution >= 0.6 is 45.5 Å². The van der Waals surface area contributed by atoms with Gasteiger partial charge in [0.25, 0.3) is 0 Å². The van der Waals surface area contributed by atoms with E-state index in [0.29, 0.717) is 0 Å². The monoisotopic (exact) mass is 300 g/mol. The molecule has 0 N–H and O–H groups in total. The predicted octanol–water partition coefficient (Wildman–Crippen LogP) is 4.30. The highest BCUT2D eigenvalue weighted by Gasteiger charge is 2.19. The Morgan fingerprint density at radius 1 is 1.45 bits per heavy atom. The number of halogens is 2. The lowest BCUT2D eigenvalue weighted by atomic mass is 9.90. The van der Waals surface area contributed by atoms with E-state index in [1.54, 1.807) is 11.3 Å². The molecule has 1 heterocycles.